The normalized spacial score (nSPS) is 38.2. The van der Waals surface area contributed by atoms with Crippen LogP contribution in [-0.4, -0.2) is 199 Å². The van der Waals surface area contributed by atoms with E-state index in [1.165, 1.54) is 26.0 Å². The minimum atomic E-state index is -1.62. The molecule has 0 spiro atoms. The molecule has 5 aliphatic rings. The van der Waals surface area contributed by atoms with Crippen LogP contribution in [0.25, 0.3) is 10.8 Å². The molecule has 1 aliphatic carbocycles. The monoisotopic (exact) mass is 1010 g/mol. The summed E-state index contributed by atoms with van der Waals surface area (Å²) in [5.74, 6) is -4.41. The predicted molar refractivity (Wildman–Crippen MR) is 241 cm³/mol. The summed E-state index contributed by atoms with van der Waals surface area (Å²) in [5.41, 5.74) is 0.113. The fraction of sp³-hybridized carbons (Fsp3) is 0.750. The second-order valence-electron chi connectivity index (χ2n) is 19.5. The van der Waals surface area contributed by atoms with Crippen LogP contribution in [0.2, 0.25) is 0 Å². The van der Waals surface area contributed by atoms with Crippen molar-refractivity contribution in [3.63, 3.8) is 0 Å². The van der Waals surface area contributed by atoms with Crippen molar-refractivity contribution in [3.05, 3.63) is 28.8 Å². The molecule has 10 N–H and O–H groups in total. The van der Waals surface area contributed by atoms with Gasteiger partial charge in [0, 0.05) is 50.7 Å². The molecule has 2 aromatic carbocycles. The summed E-state index contributed by atoms with van der Waals surface area (Å²) >= 11 is 0. The standard InChI is InChI=1S/C48H70O23/c1-17(2)62-36(16-31(51)70-33-13-27(50)41(54)20(5)64-33)69-30-15-35(66-22(7)43(30)56)71-46-25(47(61-8)48(59)60)10-23-9-24-11-28(18(3)39(52)37(24)44(57)38(23)45(46)58)67-34-14-29(42(55)21(6)65-34)68-32-12-26(49)40(53)19(4)63-32/h9,11,17,19-22,25-27,29-36,40-43,46-47,49-57H,10,12-16H2,1-8H3,(H,59,60). The van der Waals surface area contributed by atoms with Crippen molar-refractivity contribution in [1.82, 2.24) is 0 Å². The quantitative estimate of drug-likeness (QED) is 0.0977. The lowest BCUT2D eigenvalue weighted by Gasteiger charge is -2.42. The van der Waals surface area contributed by atoms with Crippen LogP contribution in [-0.2, 0) is 58.6 Å². The van der Waals surface area contributed by atoms with Gasteiger partial charge in [-0.05, 0) is 78.0 Å². The van der Waals surface area contributed by atoms with Crippen molar-refractivity contribution in [2.75, 3.05) is 7.11 Å². The third kappa shape index (κ3) is 12.2. The number of ether oxygens (including phenoxy) is 11. The number of hydrogen-bond acceptors (Lipinski definition) is 22. The van der Waals surface area contributed by atoms with Crippen LogP contribution < -0.4 is 4.74 Å². The lowest BCUT2D eigenvalue weighted by Crippen LogP contribution is -2.54. The zero-order valence-electron chi connectivity index (χ0n) is 40.9. The molecule has 4 fully saturated rings. The van der Waals surface area contributed by atoms with Crippen molar-refractivity contribution < 1.29 is 113 Å². The summed E-state index contributed by atoms with van der Waals surface area (Å²) in [7, 11) is 1.16. The van der Waals surface area contributed by atoms with Gasteiger partial charge in [0.25, 0.3) is 0 Å². The molecule has 0 aromatic heterocycles. The number of Topliss-reactive ketones (excluding diaryl/α,β-unsaturated/α-hetero) is 1. The van der Waals surface area contributed by atoms with Gasteiger partial charge in [-0.1, -0.05) is 0 Å². The average molecular weight is 1020 g/mol. The number of aliphatic carboxylic acids is 1. The van der Waals surface area contributed by atoms with Gasteiger partial charge in [-0.3, -0.25) is 4.79 Å². The molecule has 4 saturated heterocycles. The number of ketones is 1. The Bertz CT molecular complexity index is 2130. The number of benzene rings is 2. The minimum absolute atomic E-state index is 0.0217. The number of phenols is 2. The molecule has 7 rings (SSSR count). The van der Waals surface area contributed by atoms with Gasteiger partial charge in [0.15, 0.2) is 43.3 Å². The maximum Gasteiger partial charge on any atom is 0.333 e. The predicted octanol–water partition coefficient (Wildman–Crippen LogP) is 0.730. The second kappa shape index (κ2) is 23.0. The number of hydrogen-bond donors (Lipinski definition) is 10. The van der Waals surface area contributed by atoms with Gasteiger partial charge >= 0.3 is 5.97 Å². The Hall–Kier alpha value is -3.44. The molecule has 71 heavy (non-hydrogen) atoms. The number of carbonyl (C=O) groups excluding carboxylic acids is 1. The van der Waals surface area contributed by atoms with Crippen LogP contribution >= 0.6 is 0 Å². The first-order valence-electron chi connectivity index (χ1n) is 24.1. The van der Waals surface area contributed by atoms with E-state index in [0.717, 1.165) is 7.11 Å². The van der Waals surface area contributed by atoms with Gasteiger partial charge < -0.3 is 103 Å². The summed E-state index contributed by atoms with van der Waals surface area (Å²) in [4.78, 5) is 27.4. The van der Waals surface area contributed by atoms with E-state index in [1.807, 2.05) is 0 Å². The summed E-state index contributed by atoms with van der Waals surface area (Å²) < 4.78 is 65.0. The molecule has 21 unspecified atom stereocenters. The number of aromatic hydroxyl groups is 2. The lowest BCUT2D eigenvalue weighted by molar-refractivity contribution is -0.317. The van der Waals surface area contributed by atoms with Gasteiger partial charge in [-0.25, -0.2) is 4.79 Å². The highest BCUT2D eigenvalue weighted by Gasteiger charge is 2.49. The maximum atomic E-state index is 14.7. The highest BCUT2D eigenvalue weighted by Crippen LogP contribution is 2.47. The molecule has 23 heteroatoms. The fourth-order valence-corrected chi connectivity index (χ4v) is 10.0. The summed E-state index contributed by atoms with van der Waals surface area (Å²) in [6.07, 6.45) is -23.9. The van der Waals surface area contributed by atoms with E-state index >= 15 is 0 Å². The molecule has 0 bridgehead atoms. The van der Waals surface area contributed by atoms with Crippen molar-refractivity contribution >= 4 is 22.5 Å². The largest absolute Gasteiger partial charge is 0.507 e. The Morgan fingerprint density at radius 2 is 1.28 bits per heavy atom. The first-order valence-corrected chi connectivity index (χ1v) is 24.1. The minimum Gasteiger partial charge on any atom is -0.507 e. The molecule has 0 saturated carbocycles. The van der Waals surface area contributed by atoms with Gasteiger partial charge in [-0.15, -0.1) is 0 Å². The first-order chi connectivity index (χ1) is 33.4. The van der Waals surface area contributed by atoms with Crippen LogP contribution in [0.4, 0.5) is 0 Å². The Morgan fingerprint density at radius 3 is 1.87 bits per heavy atom. The molecule has 21 atom stereocenters. The highest BCUT2D eigenvalue weighted by atomic mass is 16.8. The van der Waals surface area contributed by atoms with E-state index in [9.17, 15) is 60.7 Å². The van der Waals surface area contributed by atoms with E-state index < -0.39 is 158 Å². The number of carboxylic acid groups (broad SMARTS) is 1. The third-order valence-electron chi connectivity index (χ3n) is 13.9. The van der Waals surface area contributed by atoms with Gasteiger partial charge in [0.1, 0.15) is 47.8 Å². The van der Waals surface area contributed by atoms with Crippen molar-refractivity contribution in [3.8, 4) is 17.2 Å². The van der Waals surface area contributed by atoms with Crippen molar-refractivity contribution in [1.29, 1.82) is 0 Å². The number of carbonyl (C=O) groups is 2. The fourth-order valence-electron chi connectivity index (χ4n) is 10.0. The topological polar surface area (TPSA) is 338 Å². The van der Waals surface area contributed by atoms with Crippen LogP contribution in [0.1, 0.15) is 95.1 Å². The number of rotatable bonds is 17. The molecule has 4 aliphatic heterocycles. The molecule has 23 nitrogen and oxygen atoms in total. The second-order valence-corrected chi connectivity index (χ2v) is 19.5. The molecular weight excluding hydrogens is 945 g/mol. The Balaban J connectivity index is 1.10. The van der Waals surface area contributed by atoms with Crippen LogP contribution in [0.5, 0.6) is 17.2 Å². The van der Waals surface area contributed by atoms with E-state index in [2.05, 4.69) is 0 Å². The molecule has 0 radical (unpaired) electrons. The van der Waals surface area contributed by atoms with Gasteiger partial charge in [-0.2, -0.15) is 0 Å². The summed E-state index contributed by atoms with van der Waals surface area (Å²) in [5, 5.41) is 108. The third-order valence-corrected chi connectivity index (χ3v) is 13.9. The molecular formula is C48H70O23. The van der Waals surface area contributed by atoms with E-state index in [4.69, 9.17) is 52.1 Å². The number of phenolic OH excluding ortho intramolecular Hbond substituents is 2. The molecule has 2 aromatic rings. The summed E-state index contributed by atoms with van der Waals surface area (Å²) in [6.45, 7) is 11.2. The maximum absolute atomic E-state index is 14.7. The van der Waals surface area contributed by atoms with Crippen molar-refractivity contribution in [2.45, 2.75) is 216 Å². The zero-order chi connectivity index (χ0) is 51.9. The molecule has 4 heterocycles. The average Bonchev–Trinajstić information content (AvgIpc) is 3.27. The Morgan fingerprint density at radius 1 is 0.732 bits per heavy atom. The Labute approximate surface area is 409 Å². The summed E-state index contributed by atoms with van der Waals surface area (Å²) in [6, 6.07) is 3.03. The molecule has 0 amide bonds. The van der Waals surface area contributed by atoms with E-state index in [0.29, 0.717) is 0 Å². The van der Waals surface area contributed by atoms with E-state index in [1.54, 1.807) is 34.6 Å². The van der Waals surface area contributed by atoms with Gasteiger partial charge in [0.05, 0.1) is 65.9 Å². The smallest absolute Gasteiger partial charge is 0.333 e. The zero-order valence-corrected chi connectivity index (χ0v) is 40.9. The molecule has 400 valence electrons. The number of methoxy groups -OCH3 is 1. The van der Waals surface area contributed by atoms with Crippen LogP contribution in [0.3, 0.4) is 0 Å². The highest BCUT2D eigenvalue weighted by molar-refractivity contribution is 6.11. The Kier molecular flexibility index (Phi) is 17.9. The first kappa shape index (κ1) is 55.3. The number of carboxylic acids is 1. The lowest BCUT2D eigenvalue weighted by atomic mass is 9.76. The van der Waals surface area contributed by atoms with Gasteiger partial charge in [0.2, 0.25) is 6.29 Å². The number of aliphatic hydroxyl groups is 7. The van der Waals surface area contributed by atoms with Crippen molar-refractivity contribution in [2.24, 2.45) is 5.92 Å². The van der Waals surface area contributed by atoms with Crippen LogP contribution in [0, 0.1) is 12.8 Å². The SMILES string of the molecule is COC(C(=O)O)C1Cc2cc3cc(OC4CC(OC5CC(O)C(O)C(C)O5)C(O)C(C)O4)c(C)c(O)c3c(O)c2C(=O)C1OC1CC(OC(CC(O)OC2CC(O)C(O)C(C)O2)OC(C)C)C(O)C(C)O1. The number of fused-ring (bicyclic) bond motifs is 2. The number of aliphatic hydroxyl groups excluding tert-OH is 7. The van der Waals surface area contributed by atoms with Crippen LogP contribution in [0.15, 0.2) is 12.1 Å². The van der Waals surface area contributed by atoms with E-state index in [-0.39, 0.29) is 71.7 Å².